The van der Waals surface area contributed by atoms with Crippen molar-refractivity contribution in [1.82, 2.24) is 5.32 Å². The summed E-state index contributed by atoms with van der Waals surface area (Å²) in [7, 11) is 0. The van der Waals surface area contributed by atoms with E-state index in [0.717, 1.165) is 6.07 Å². The summed E-state index contributed by atoms with van der Waals surface area (Å²) in [5, 5.41) is 12.6. The maximum atomic E-state index is 12.6. The standard InChI is InChI=1S/C23H28BrNO9/c1-22(2,3)33-20(29)15(25-21(30)34-23(4,5)6)9-18(27)31-11-12-7-19(28)32-17-10-16(26)14(24)8-13(12)17/h7-8,10,15,26H,9,11H2,1-6H3,(H,25,30)/t15-/m0/s1. The summed E-state index contributed by atoms with van der Waals surface area (Å²) in [4.78, 5) is 49.1. The first kappa shape index (κ1) is 27.2. The van der Waals surface area contributed by atoms with Crippen LogP contribution in [0.15, 0.2) is 31.9 Å². The van der Waals surface area contributed by atoms with Crippen molar-refractivity contribution in [2.45, 2.75) is 71.8 Å². The van der Waals surface area contributed by atoms with Crippen LogP contribution in [0.2, 0.25) is 0 Å². The molecule has 186 valence electrons. The van der Waals surface area contributed by atoms with Crippen molar-refractivity contribution in [2.75, 3.05) is 0 Å². The number of phenolic OH excluding ortho intramolecular Hbond substituents is 1. The number of nitrogens with one attached hydrogen (secondary N) is 1. The average Bonchev–Trinajstić information content (AvgIpc) is 2.64. The van der Waals surface area contributed by atoms with E-state index in [9.17, 15) is 24.3 Å². The lowest BCUT2D eigenvalue weighted by Crippen LogP contribution is -2.47. The van der Waals surface area contributed by atoms with Gasteiger partial charge >= 0.3 is 23.7 Å². The Kier molecular flexibility index (Phi) is 8.35. The smallest absolute Gasteiger partial charge is 0.408 e. The minimum absolute atomic E-state index is 0.109. The van der Waals surface area contributed by atoms with Gasteiger partial charge in [-0.2, -0.15) is 0 Å². The summed E-state index contributed by atoms with van der Waals surface area (Å²) in [6, 6.07) is 2.58. The van der Waals surface area contributed by atoms with Gasteiger partial charge in [0.2, 0.25) is 0 Å². The molecule has 10 nitrogen and oxygen atoms in total. The molecule has 0 aliphatic heterocycles. The first-order valence-electron chi connectivity index (χ1n) is 10.4. The highest BCUT2D eigenvalue weighted by atomic mass is 79.9. The molecule has 1 heterocycles. The number of amides is 1. The van der Waals surface area contributed by atoms with Crippen molar-refractivity contribution in [3.63, 3.8) is 0 Å². The van der Waals surface area contributed by atoms with Gasteiger partial charge in [-0.15, -0.1) is 0 Å². The summed E-state index contributed by atoms with van der Waals surface area (Å²) < 4.78 is 21.1. The fourth-order valence-corrected chi connectivity index (χ4v) is 3.10. The number of carbonyl (C=O) groups excluding carboxylic acids is 3. The van der Waals surface area contributed by atoms with Crippen LogP contribution in [0.1, 0.15) is 53.5 Å². The molecule has 1 aromatic heterocycles. The van der Waals surface area contributed by atoms with Crippen molar-refractivity contribution in [1.29, 1.82) is 0 Å². The topological polar surface area (TPSA) is 141 Å². The molecule has 0 fully saturated rings. The predicted octanol–water partition coefficient (Wildman–Crippen LogP) is 3.93. The molecule has 2 N–H and O–H groups in total. The number of phenols is 1. The molecule has 34 heavy (non-hydrogen) atoms. The van der Waals surface area contributed by atoms with Gasteiger partial charge in [-0.3, -0.25) is 4.79 Å². The largest absolute Gasteiger partial charge is 0.507 e. The third-order valence-electron chi connectivity index (χ3n) is 4.04. The molecule has 0 unspecified atom stereocenters. The number of rotatable bonds is 6. The molecule has 0 spiro atoms. The number of carbonyl (C=O) groups is 3. The van der Waals surface area contributed by atoms with Crippen molar-refractivity contribution in [2.24, 2.45) is 0 Å². The van der Waals surface area contributed by atoms with Crippen LogP contribution in [0.5, 0.6) is 5.75 Å². The zero-order valence-corrected chi connectivity index (χ0v) is 21.4. The number of fused-ring (bicyclic) bond motifs is 1. The van der Waals surface area contributed by atoms with Gasteiger partial charge in [-0.25, -0.2) is 14.4 Å². The zero-order valence-electron chi connectivity index (χ0n) is 19.8. The molecule has 0 radical (unpaired) electrons. The minimum Gasteiger partial charge on any atom is -0.507 e. The van der Waals surface area contributed by atoms with Crippen molar-refractivity contribution in [3.05, 3.63) is 38.7 Å². The highest BCUT2D eigenvalue weighted by Crippen LogP contribution is 2.30. The van der Waals surface area contributed by atoms with Gasteiger partial charge in [0.15, 0.2) is 0 Å². The maximum Gasteiger partial charge on any atom is 0.408 e. The van der Waals surface area contributed by atoms with E-state index in [1.807, 2.05) is 0 Å². The second-order valence-electron chi connectivity index (χ2n) is 9.49. The summed E-state index contributed by atoms with van der Waals surface area (Å²) in [6.07, 6.45) is -1.43. The molecular weight excluding hydrogens is 514 g/mol. The van der Waals surface area contributed by atoms with Crippen LogP contribution < -0.4 is 10.9 Å². The number of hydrogen-bond acceptors (Lipinski definition) is 9. The fraction of sp³-hybridized carbons (Fsp3) is 0.478. The van der Waals surface area contributed by atoms with Gasteiger partial charge in [0, 0.05) is 23.1 Å². The first-order chi connectivity index (χ1) is 15.5. The van der Waals surface area contributed by atoms with Gasteiger partial charge in [0.25, 0.3) is 0 Å². The number of esters is 2. The molecule has 0 aliphatic carbocycles. The highest BCUT2D eigenvalue weighted by molar-refractivity contribution is 9.10. The molecule has 0 bridgehead atoms. The SMILES string of the molecule is CC(C)(C)OC(=O)N[C@@H](CC(=O)OCc1cc(=O)oc2cc(O)c(Br)cc12)C(=O)OC(C)(C)C. The van der Waals surface area contributed by atoms with Crippen LogP contribution in [0.4, 0.5) is 4.79 Å². The molecule has 0 saturated heterocycles. The Balaban J connectivity index is 2.17. The predicted molar refractivity (Wildman–Crippen MR) is 125 cm³/mol. The lowest BCUT2D eigenvalue weighted by atomic mass is 10.1. The Labute approximate surface area is 204 Å². The first-order valence-corrected chi connectivity index (χ1v) is 11.2. The fourth-order valence-electron chi connectivity index (χ4n) is 2.76. The third-order valence-corrected chi connectivity index (χ3v) is 4.67. The van der Waals surface area contributed by atoms with Gasteiger partial charge in [-0.1, -0.05) is 0 Å². The van der Waals surface area contributed by atoms with Gasteiger partial charge < -0.3 is 29.1 Å². The number of alkyl carbamates (subject to hydrolysis) is 1. The summed E-state index contributed by atoms with van der Waals surface area (Å²) in [5.74, 6) is -1.79. The van der Waals surface area contributed by atoms with Crippen molar-refractivity contribution >= 4 is 44.9 Å². The average molecular weight is 542 g/mol. The number of benzene rings is 1. The van der Waals surface area contributed by atoms with E-state index in [1.165, 1.54) is 12.1 Å². The maximum absolute atomic E-state index is 12.6. The summed E-state index contributed by atoms with van der Waals surface area (Å²) in [6.45, 7) is 9.60. The van der Waals surface area contributed by atoms with Gasteiger partial charge in [0.1, 0.15) is 35.2 Å². The highest BCUT2D eigenvalue weighted by Gasteiger charge is 2.31. The second kappa shape index (κ2) is 10.5. The molecule has 0 aliphatic rings. The van der Waals surface area contributed by atoms with E-state index >= 15 is 0 Å². The molecule has 11 heteroatoms. The summed E-state index contributed by atoms with van der Waals surface area (Å²) in [5.41, 5.74) is -1.93. The Morgan fingerprint density at radius 3 is 2.26 bits per heavy atom. The van der Waals surface area contributed by atoms with Crippen LogP contribution in [0.3, 0.4) is 0 Å². The molecule has 0 saturated carbocycles. The van der Waals surface area contributed by atoms with Crippen LogP contribution in [-0.4, -0.2) is 40.4 Å². The third kappa shape index (κ3) is 8.36. The minimum atomic E-state index is -1.36. The van der Waals surface area contributed by atoms with E-state index in [2.05, 4.69) is 21.2 Å². The Bertz CT molecular complexity index is 1140. The zero-order chi connectivity index (χ0) is 25.8. The number of halogens is 1. The lowest BCUT2D eigenvalue weighted by molar-refractivity contribution is -0.161. The Hall–Kier alpha value is -3.08. The van der Waals surface area contributed by atoms with E-state index in [1.54, 1.807) is 41.5 Å². The Morgan fingerprint density at radius 1 is 1.06 bits per heavy atom. The molecule has 1 atom stereocenters. The molecule has 1 amide bonds. The monoisotopic (exact) mass is 541 g/mol. The van der Waals surface area contributed by atoms with E-state index in [0.29, 0.717) is 15.4 Å². The lowest BCUT2D eigenvalue weighted by Gasteiger charge is -2.26. The molecule has 2 rings (SSSR count). The molecular formula is C23H28BrNO9. The van der Waals surface area contributed by atoms with Gasteiger partial charge in [-0.05, 0) is 63.5 Å². The summed E-state index contributed by atoms with van der Waals surface area (Å²) >= 11 is 3.18. The molecule has 1 aromatic carbocycles. The Morgan fingerprint density at radius 2 is 1.68 bits per heavy atom. The quantitative estimate of drug-likeness (QED) is 0.316. The number of hydrogen-bond donors (Lipinski definition) is 2. The van der Waals surface area contributed by atoms with E-state index in [-0.39, 0.29) is 17.9 Å². The van der Waals surface area contributed by atoms with Crippen LogP contribution in [-0.2, 0) is 30.4 Å². The van der Waals surface area contributed by atoms with Crippen LogP contribution in [0, 0.1) is 0 Å². The number of ether oxygens (including phenoxy) is 3. The van der Waals surface area contributed by atoms with Gasteiger partial charge in [0.05, 0.1) is 10.9 Å². The van der Waals surface area contributed by atoms with Crippen LogP contribution in [0.25, 0.3) is 11.0 Å². The van der Waals surface area contributed by atoms with Crippen molar-refractivity contribution < 1.29 is 38.1 Å². The van der Waals surface area contributed by atoms with Crippen molar-refractivity contribution in [3.8, 4) is 5.75 Å². The number of aromatic hydroxyl groups is 1. The van der Waals surface area contributed by atoms with E-state index in [4.69, 9.17) is 18.6 Å². The normalized spacial score (nSPS) is 12.7. The second-order valence-corrected chi connectivity index (χ2v) is 10.3. The van der Waals surface area contributed by atoms with E-state index < -0.39 is 47.3 Å². The van der Waals surface area contributed by atoms with Crippen LogP contribution >= 0.6 is 15.9 Å². The molecule has 2 aromatic rings.